The molecule has 0 unspecified atom stereocenters. The lowest BCUT2D eigenvalue weighted by Crippen LogP contribution is -2.13. The summed E-state index contributed by atoms with van der Waals surface area (Å²) in [6.07, 6.45) is 0.948. The molecule has 0 saturated heterocycles. The predicted molar refractivity (Wildman–Crippen MR) is 62.9 cm³/mol. The highest BCUT2D eigenvalue weighted by molar-refractivity contribution is 7.16. The summed E-state index contributed by atoms with van der Waals surface area (Å²) < 4.78 is 0. The maximum Gasteiger partial charge on any atom is 0.128 e. The van der Waals surface area contributed by atoms with Crippen molar-refractivity contribution in [2.75, 3.05) is 0 Å². The molecule has 1 heterocycles. The van der Waals surface area contributed by atoms with Crippen molar-refractivity contribution in [1.29, 1.82) is 5.26 Å². The van der Waals surface area contributed by atoms with E-state index in [1.807, 2.05) is 13.8 Å². The molecule has 78 valence electrons. The monoisotopic (exact) mass is 219 g/mol. The van der Waals surface area contributed by atoms with Crippen LogP contribution in [0.2, 0.25) is 0 Å². The molecular formula is C11H13N3S. The van der Waals surface area contributed by atoms with Gasteiger partial charge >= 0.3 is 0 Å². The Hall–Kier alpha value is -1.43. The Morgan fingerprint density at radius 3 is 2.73 bits per heavy atom. The maximum absolute atomic E-state index is 8.62. The highest BCUT2D eigenvalue weighted by Gasteiger charge is 2.10. The van der Waals surface area contributed by atoms with Gasteiger partial charge in [-0.25, -0.2) is 4.99 Å². The Kier molecular flexibility index (Phi) is 3.79. The molecule has 15 heavy (non-hydrogen) atoms. The Morgan fingerprint density at radius 2 is 2.20 bits per heavy atom. The zero-order valence-corrected chi connectivity index (χ0v) is 9.93. The van der Waals surface area contributed by atoms with Crippen LogP contribution in [-0.2, 0) is 0 Å². The lowest BCUT2D eigenvalue weighted by Gasteiger charge is -2.12. The highest BCUT2D eigenvalue weighted by Crippen LogP contribution is 2.23. The molecular weight excluding hydrogens is 206 g/mol. The average Bonchev–Trinajstić information content (AvgIpc) is 2.66. The number of hydrogen-bond acceptors (Lipinski definition) is 4. The topological polar surface area (TPSA) is 48.5 Å². The van der Waals surface area contributed by atoms with Crippen molar-refractivity contribution in [3.63, 3.8) is 0 Å². The summed E-state index contributed by atoms with van der Waals surface area (Å²) in [5.41, 5.74) is -0.112. The standard InChI is InChI=1S/C11H13N3S/c1-4-11(2,3)14-8-13-10-6-5-9(7-12)15-10/h5-6H,4H2,1-3H3. The molecule has 0 saturated carbocycles. The Labute approximate surface area is 93.8 Å². The SMILES string of the molecule is CCC(C)(C)N=C=Nc1ccc(C#N)s1. The Balaban J connectivity index is 2.78. The minimum Gasteiger partial charge on any atom is -0.219 e. The van der Waals surface area contributed by atoms with Gasteiger partial charge in [0, 0.05) is 0 Å². The van der Waals surface area contributed by atoms with Crippen LogP contribution in [0.25, 0.3) is 0 Å². The quantitative estimate of drug-likeness (QED) is 0.716. The molecule has 1 aromatic heterocycles. The number of rotatable bonds is 3. The number of thiophene rings is 1. The van der Waals surface area contributed by atoms with E-state index in [4.69, 9.17) is 5.26 Å². The van der Waals surface area contributed by atoms with Crippen LogP contribution in [0, 0.1) is 11.3 Å². The number of nitrogens with zero attached hydrogens (tertiary/aromatic N) is 3. The van der Waals surface area contributed by atoms with Gasteiger partial charge in [-0.2, -0.15) is 10.3 Å². The smallest absolute Gasteiger partial charge is 0.128 e. The number of nitriles is 1. The summed E-state index contributed by atoms with van der Waals surface area (Å²) in [6, 6.07) is 8.29. The Morgan fingerprint density at radius 1 is 1.47 bits per heavy atom. The van der Waals surface area contributed by atoms with Gasteiger partial charge in [-0.1, -0.05) is 6.92 Å². The molecule has 0 atom stereocenters. The predicted octanol–water partition coefficient (Wildman–Crippen LogP) is 3.61. The van der Waals surface area contributed by atoms with E-state index in [1.54, 1.807) is 12.1 Å². The second-order valence-corrected chi connectivity index (χ2v) is 4.80. The van der Waals surface area contributed by atoms with Crippen molar-refractivity contribution < 1.29 is 0 Å². The fourth-order valence-corrected chi connectivity index (χ4v) is 1.37. The lowest BCUT2D eigenvalue weighted by atomic mass is 10.0. The third-order valence-corrected chi connectivity index (χ3v) is 2.96. The minimum atomic E-state index is -0.112. The fraction of sp³-hybridized carbons (Fsp3) is 0.455. The second kappa shape index (κ2) is 4.88. The molecule has 0 aliphatic heterocycles. The van der Waals surface area contributed by atoms with Crippen LogP contribution in [0.1, 0.15) is 32.1 Å². The molecule has 4 heteroatoms. The molecule has 3 nitrogen and oxygen atoms in total. The normalized spacial score (nSPS) is 10.3. The first-order valence-electron chi connectivity index (χ1n) is 4.75. The zero-order chi connectivity index (χ0) is 11.3. The fourth-order valence-electron chi connectivity index (χ4n) is 0.737. The van der Waals surface area contributed by atoms with Crippen LogP contribution in [0.15, 0.2) is 22.1 Å². The summed E-state index contributed by atoms with van der Waals surface area (Å²) in [5, 5.41) is 9.38. The van der Waals surface area contributed by atoms with E-state index >= 15 is 0 Å². The van der Waals surface area contributed by atoms with E-state index in [9.17, 15) is 0 Å². The van der Waals surface area contributed by atoms with Crippen molar-refractivity contribution in [3.8, 4) is 6.07 Å². The molecule has 0 aliphatic rings. The zero-order valence-electron chi connectivity index (χ0n) is 9.11. The average molecular weight is 219 g/mol. The van der Waals surface area contributed by atoms with E-state index in [0.29, 0.717) is 4.88 Å². The third-order valence-electron chi connectivity index (χ3n) is 2.08. The van der Waals surface area contributed by atoms with Crippen LogP contribution in [0.3, 0.4) is 0 Å². The van der Waals surface area contributed by atoms with Crippen LogP contribution in [0.5, 0.6) is 0 Å². The van der Waals surface area contributed by atoms with Crippen molar-refractivity contribution >= 4 is 22.3 Å². The summed E-state index contributed by atoms with van der Waals surface area (Å²) in [7, 11) is 0. The van der Waals surface area contributed by atoms with Crippen molar-refractivity contribution in [3.05, 3.63) is 17.0 Å². The van der Waals surface area contributed by atoms with Gasteiger partial charge < -0.3 is 0 Å². The van der Waals surface area contributed by atoms with Gasteiger partial charge in [-0.3, -0.25) is 0 Å². The molecule has 0 aliphatic carbocycles. The molecule has 1 rings (SSSR count). The molecule has 0 spiro atoms. The van der Waals surface area contributed by atoms with Crippen molar-refractivity contribution in [2.45, 2.75) is 32.7 Å². The van der Waals surface area contributed by atoms with E-state index < -0.39 is 0 Å². The van der Waals surface area contributed by atoms with Gasteiger partial charge in [0.15, 0.2) is 0 Å². The van der Waals surface area contributed by atoms with Gasteiger partial charge in [0.1, 0.15) is 15.9 Å². The van der Waals surface area contributed by atoms with Gasteiger partial charge in [-0.15, -0.1) is 11.3 Å². The molecule has 0 N–H and O–H groups in total. The van der Waals surface area contributed by atoms with Gasteiger partial charge in [0.25, 0.3) is 0 Å². The number of hydrogen-bond donors (Lipinski definition) is 0. The van der Waals surface area contributed by atoms with Gasteiger partial charge in [-0.05, 0) is 32.4 Å². The van der Waals surface area contributed by atoms with E-state index in [0.717, 1.165) is 11.4 Å². The van der Waals surface area contributed by atoms with Gasteiger partial charge in [0.05, 0.1) is 11.5 Å². The van der Waals surface area contributed by atoms with E-state index in [-0.39, 0.29) is 5.54 Å². The van der Waals surface area contributed by atoms with Crippen LogP contribution in [-0.4, -0.2) is 11.5 Å². The van der Waals surface area contributed by atoms with Crippen molar-refractivity contribution in [2.24, 2.45) is 9.98 Å². The first kappa shape index (κ1) is 11.6. The molecule has 0 radical (unpaired) electrons. The van der Waals surface area contributed by atoms with E-state index in [1.165, 1.54) is 11.3 Å². The summed E-state index contributed by atoms with van der Waals surface area (Å²) in [6.45, 7) is 6.14. The first-order valence-corrected chi connectivity index (χ1v) is 5.56. The van der Waals surface area contributed by atoms with Crippen LogP contribution >= 0.6 is 11.3 Å². The molecule has 0 bridgehead atoms. The van der Waals surface area contributed by atoms with E-state index in [2.05, 4.69) is 29.0 Å². The lowest BCUT2D eigenvalue weighted by molar-refractivity contribution is 0.508. The largest absolute Gasteiger partial charge is 0.219 e. The Bertz CT molecular complexity index is 431. The van der Waals surface area contributed by atoms with Gasteiger partial charge in [0.2, 0.25) is 0 Å². The summed E-state index contributed by atoms with van der Waals surface area (Å²) in [4.78, 5) is 8.93. The second-order valence-electron chi connectivity index (χ2n) is 3.74. The third kappa shape index (κ3) is 3.67. The molecule has 0 fully saturated rings. The van der Waals surface area contributed by atoms with Crippen LogP contribution in [0.4, 0.5) is 5.00 Å². The molecule has 0 aromatic carbocycles. The first-order chi connectivity index (χ1) is 7.07. The molecule has 1 aromatic rings. The van der Waals surface area contributed by atoms with Crippen molar-refractivity contribution in [1.82, 2.24) is 0 Å². The minimum absolute atomic E-state index is 0.112. The van der Waals surface area contributed by atoms with Crippen LogP contribution < -0.4 is 0 Å². The summed E-state index contributed by atoms with van der Waals surface area (Å²) in [5.74, 6) is 0. The molecule has 0 amide bonds. The highest BCUT2D eigenvalue weighted by atomic mass is 32.1. The maximum atomic E-state index is 8.62. The summed E-state index contributed by atoms with van der Waals surface area (Å²) >= 11 is 1.34. The number of aliphatic imine (C=N–C) groups is 2.